The molecule has 0 heterocycles. The number of nitrogens with one attached hydrogen (secondary N) is 1. The molecule has 96 valence electrons. The second kappa shape index (κ2) is 6.82. The molecule has 5 heteroatoms. The first-order valence-corrected chi connectivity index (χ1v) is 8.30. The molecule has 1 saturated carbocycles. The van der Waals surface area contributed by atoms with E-state index in [2.05, 4.69) is 4.72 Å². The number of hydrogen-bond acceptors (Lipinski definition) is 2. The van der Waals surface area contributed by atoms with Crippen LogP contribution in [0.2, 0.25) is 0 Å². The smallest absolute Gasteiger partial charge is 0.211 e. The van der Waals surface area contributed by atoms with Crippen molar-refractivity contribution < 1.29 is 8.42 Å². The summed E-state index contributed by atoms with van der Waals surface area (Å²) in [5, 5.41) is 0. The highest BCUT2D eigenvalue weighted by molar-refractivity contribution is 7.89. The first kappa shape index (κ1) is 14.3. The molecular formula is C11H22ClNO2S. The summed E-state index contributed by atoms with van der Waals surface area (Å²) in [6.45, 7) is 1.98. The number of alkyl halides is 1. The molecule has 1 atom stereocenters. The van der Waals surface area contributed by atoms with Gasteiger partial charge in [-0.2, -0.15) is 0 Å². The van der Waals surface area contributed by atoms with E-state index in [1.54, 1.807) is 0 Å². The Balaban J connectivity index is 2.39. The van der Waals surface area contributed by atoms with Gasteiger partial charge in [0.2, 0.25) is 10.0 Å². The lowest BCUT2D eigenvalue weighted by Gasteiger charge is -2.28. The third-order valence-electron chi connectivity index (χ3n) is 3.27. The molecule has 0 unspecified atom stereocenters. The fourth-order valence-corrected chi connectivity index (χ4v) is 4.01. The van der Waals surface area contributed by atoms with E-state index < -0.39 is 10.0 Å². The lowest BCUT2D eigenvalue weighted by Crippen LogP contribution is -2.40. The highest BCUT2D eigenvalue weighted by Gasteiger charge is 2.23. The van der Waals surface area contributed by atoms with Gasteiger partial charge in [0, 0.05) is 11.9 Å². The van der Waals surface area contributed by atoms with Crippen LogP contribution in [0.1, 0.15) is 45.4 Å². The van der Waals surface area contributed by atoms with Crippen molar-refractivity contribution in [3.63, 3.8) is 0 Å². The van der Waals surface area contributed by atoms with Crippen LogP contribution in [0.15, 0.2) is 0 Å². The molecule has 1 N–H and O–H groups in total. The summed E-state index contributed by atoms with van der Waals surface area (Å²) in [6.07, 6.45) is 6.59. The van der Waals surface area contributed by atoms with Crippen molar-refractivity contribution in [2.75, 3.05) is 11.6 Å². The maximum atomic E-state index is 11.7. The summed E-state index contributed by atoms with van der Waals surface area (Å²) >= 11 is 5.50. The SMILES string of the molecule is C[C@@H](NS(=O)(=O)CCCCl)C1CCCCC1. The van der Waals surface area contributed by atoms with Crippen molar-refractivity contribution >= 4 is 21.6 Å². The minimum absolute atomic E-state index is 0.0700. The summed E-state index contributed by atoms with van der Waals surface area (Å²) in [7, 11) is -3.13. The summed E-state index contributed by atoms with van der Waals surface area (Å²) in [4.78, 5) is 0. The minimum Gasteiger partial charge on any atom is -0.212 e. The van der Waals surface area contributed by atoms with E-state index in [0.717, 1.165) is 12.8 Å². The zero-order chi connectivity index (χ0) is 12.0. The fourth-order valence-electron chi connectivity index (χ4n) is 2.32. The van der Waals surface area contributed by atoms with E-state index in [4.69, 9.17) is 11.6 Å². The Hall–Kier alpha value is 0.200. The number of rotatable bonds is 6. The zero-order valence-corrected chi connectivity index (χ0v) is 11.5. The Labute approximate surface area is 104 Å². The average molecular weight is 268 g/mol. The van der Waals surface area contributed by atoms with Gasteiger partial charge < -0.3 is 0 Å². The molecule has 0 aliphatic heterocycles. The molecule has 0 bridgehead atoms. The van der Waals surface area contributed by atoms with Crippen LogP contribution < -0.4 is 4.72 Å². The van der Waals surface area contributed by atoms with Gasteiger partial charge >= 0.3 is 0 Å². The second-order valence-corrected chi connectivity index (χ2v) is 6.92. The third-order valence-corrected chi connectivity index (χ3v) is 5.09. The Bertz CT molecular complexity index is 286. The van der Waals surface area contributed by atoms with E-state index in [1.165, 1.54) is 19.3 Å². The summed E-state index contributed by atoms with van der Waals surface area (Å²) in [5.41, 5.74) is 0. The van der Waals surface area contributed by atoms with Crippen LogP contribution in [0.3, 0.4) is 0 Å². The highest BCUT2D eigenvalue weighted by atomic mass is 35.5. The Morgan fingerprint density at radius 2 is 1.94 bits per heavy atom. The average Bonchev–Trinajstić information content (AvgIpc) is 2.27. The van der Waals surface area contributed by atoms with Crippen molar-refractivity contribution in [2.24, 2.45) is 5.92 Å². The summed E-state index contributed by atoms with van der Waals surface area (Å²) in [5.74, 6) is 1.06. The molecular weight excluding hydrogens is 246 g/mol. The molecule has 0 aromatic rings. The monoisotopic (exact) mass is 267 g/mol. The second-order valence-electron chi connectivity index (χ2n) is 4.67. The van der Waals surface area contributed by atoms with Crippen molar-refractivity contribution in [1.82, 2.24) is 4.72 Å². The van der Waals surface area contributed by atoms with Crippen molar-refractivity contribution in [2.45, 2.75) is 51.5 Å². The van der Waals surface area contributed by atoms with Gasteiger partial charge in [-0.25, -0.2) is 13.1 Å². The van der Waals surface area contributed by atoms with Gasteiger partial charge in [-0.3, -0.25) is 0 Å². The van der Waals surface area contributed by atoms with Crippen molar-refractivity contribution in [1.29, 1.82) is 0 Å². The summed E-state index contributed by atoms with van der Waals surface area (Å²) < 4.78 is 26.1. The predicted octanol–water partition coefficient (Wildman–Crippen LogP) is 2.50. The van der Waals surface area contributed by atoms with Crippen LogP contribution in [0.5, 0.6) is 0 Å². The Morgan fingerprint density at radius 1 is 1.31 bits per heavy atom. The molecule has 1 aliphatic rings. The molecule has 1 fully saturated rings. The lowest BCUT2D eigenvalue weighted by atomic mass is 9.85. The Kier molecular flexibility index (Phi) is 6.08. The number of sulfonamides is 1. The maximum absolute atomic E-state index is 11.7. The van der Waals surface area contributed by atoms with Crippen molar-refractivity contribution in [3.8, 4) is 0 Å². The topological polar surface area (TPSA) is 46.2 Å². The van der Waals surface area contributed by atoms with Crippen LogP contribution in [0.4, 0.5) is 0 Å². The molecule has 0 radical (unpaired) electrons. The van der Waals surface area contributed by atoms with Crippen LogP contribution in [-0.4, -0.2) is 26.1 Å². The van der Waals surface area contributed by atoms with E-state index in [9.17, 15) is 8.42 Å². The molecule has 1 aliphatic carbocycles. The van der Waals surface area contributed by atoms with Crippen molar-refractivity contribution in [3.05, 3.63) is 0 Å². The molecule has 3 nitrogen and oxygen atoms in total. The normalized spacial score (nSPS) is 20.9. The molecule has 0 aromatic heterocycles. The quantitative estimate of drug-likeness (QED) is 0.752. The van der Waals surface area contributed by atoms with Gasteiger partial charge in [0.1, 0.15) is 0 Å². The van der Waals surface area contributed by atoms with E-state index in [1.807, 2.05) is 6.92 Å². The molecule has 0 spiro atoms. The number of hydrogen-bond donors (Lipinski definition) is 1. The van der Waals surface area contributed by atoms with Crippen LogP contribution in [-0.2, 0) is 10.0 Å². The first-order chi connectivity index (χ1) is 7.55. The number of halogens is 1. The molecule has 16 heavy (non-hydrogen) atoms. The lowest BCUT2D eigenvalue weighted by molar-refractivity contribution is 0.303. The van der Waals surface area contributed by atoms with E-state index >= 15 is 0 Å². The van der Waals surface area contributed by atoms with Gasteiger partial charge in [0.25, 0.3) is 0 Å². The first-order valence-electron chi connectivity index (χ1n) is 6.11. The molecule has 1 rings (SSSR count). The van der Waals surface area contributed by atoms with Crippen LogP contribution >= 0.6 is 11.6 Å². The third kappa shape index (κ3) is 5.02. The van der Waals surface area contributed by atoms with E-state index in [0.29, 0.717) is 18.2 Å². The standard InChI is InChI=1S/C11H22ClNO2S/c1-10(11-6-3-2-4-7-11)13-16(14,15)9-5-8-12/h10-11,13H,2-9H2,1H3/t10-/m1/s1. The van der Waals surface area contributed by atoms with Gasteiger partial charge in [-0.15, -0.1) is 11.6 Å². The highest BCUT2D eigenvalue weighted by Crippen LogP contribution is 2.26. The van der Waals surface area contributed by atoms with E-state index in [-0.39, 0.29) is 11.8 Å². The Morgan fingerprint density at radius 3 is 2.50 bits per heavy atom. The van der Waals surface area contributed by atoms with Crippen LogP contribution in [0.25, 0.3) is 0 Å². The van der Waals surface area contributed by atoms with Gasteiger partial charge in [0.05, 0.1) is 5.75 Å². The maximum Gasteiger partial charge on any atom is 0.211 e. The largest absolute Gasteiger partial charge is 0.212 e. The zero-order valence-electron chi connectivity index (χ0n) is 9.91. The predicted molar refractivity (Wildman–Crippen MR) is 68.3 cm³/mol. The minimum atomic E-state index is -3.13. The fraction of sp³-hybridized carbons (Fsp3) is 1.00. The molecule has 0 aromatic carbocycles. The molecule has 0 saturated heterocycles. The van der Waals surface area contributed by atoms with Gasteiger partial charge in [-0.05, 0) is 32.1 Å². The van der Waals surface area contributed by atoms with Gasteiger partial charge in [-0.1, -0.05) is 19.3 Å². The molecule has 0 amide bonds. The van der Waals surface area contributed by atoms with Gasteiger partial charge in [0.15, 0.2) is 0 Å². The van der Waals surface area contributed by atoms with Crippen LogP contribution in [0, 0.1) is 5.92 Å². The summed E-state index contributed by atoms with van der Waals surface area (Å²) in [6, 6.07) is 0.0700.